The van der Waals surface area contributed by atoms with Crippen LogP contribution in [0.3, 0.4) is 0 Å². The number of rotatable bonds is 4. The van der Waals surface area contributed by atoms with Crippen molar-refractivity contribution in [1.29, 1.82) is 0 Å². The molecule has 0 bridgehead atoms. The third kappa shape index (κ3) is 5.66. The second-order valence-corrected chi connectivity index (χ2v) is 3.98. The lowest BCUT2D eigenvalue weighted by Gasteiger charge is -2.23. The van der Waals surface area contributed by atoms with Gasteiger partial charge in [0.25, 0.3) is 0 Å². The fourth-order valence-corrected chi connectivity index (χ4v) is 0.813. The Kier molecular flexibility index (Phi) is 4.26. The molecule has 0 saturated carbocycles. The third-order valence-corrected chi connectivity index (χ3v) is 1.36. The SMILES string of the molecule is CC(C)(C)OC(=O)CC(C(=O)[O-])C(=O)[O-]. The molecule has 0 aliphatic heterocycles. The Hall–Kier alpha value is -1.59. The molecular formula is C9H12O6-2. The normalized spacial score (nSPS) is 11.2. The zero-order chi connectivity index (χ0) is 12.2. The van der Waals surface area contributed by atoms with Gasteiger partial charge in [-0.05, 0) is 20.8 Å². The van der Waals surface area contributed by atoms with Gasteiger partial charge in [0.1, 0.15) is 5.60 Å². The molecule has 0 N–H and O–H groups in total. The number of carboxylic acid groups (broad SMARTS) is 2. The molecule has 0 aromatic carbocycles. The molecule has 86 valence electrons. The van der Waals surface area contributed by atoms with E-state index in [2.05, 4.69) is 0 Å². The van der Waals surface area contributed by atoms with Crippen LogP contribution in [0, 0.1) is 5.92 Å². The summed E-state index contributed by atoms with van der Waals surface area (Å²) < 4.78 is 4.75. The highest BCUT2D eigenvalue weighted by Gasteiger charge is 2.21. The van der Waals surface area contributed by atoms with Crippen LogP contribution >= 0.6 is 0 Å². The van der Waals surface area contributed by atoms with Gasteiger partial charge in [0.2, 0.25) is 0 Å². The number of ether oxygens (including phenoxy) is 1. The minimum atomic E-state index is -1.97. The Labute approximate surface area is 86.8 Å². The van der Waals surface area contributed by atoms with Crippen LogP contribution in [-0.4, -0.2) is 23.5 Å². The number of hydrogen-bond acceptors (Lipinski definition) is 6. The zero-order valence-electron chi connectivity index (χ0n) is 8.73. The van der Waals surface area contributed by atoms with Crippen LogP contribution < -0.4 is 10.2 Å². The summed E-state index contributed by atoms with van der Waals surface area (Å²) in [4.78, 5) is 31.7. The zero-order valence-corrected chi connectivity index (χ0v) is 8.73. The Balaban J connectivity index is 4.38. The Morgan fingerprint density at radius 3 is 1.80 bits per heavy atom. The van der Waals surface area contributed by atoms with E-state index in [1.807, 2.05) is 0 Å². The van der Waals surface area contributed by atoms with Crippen molar-refractivity contribution in [2.75, 3.05) is 0 Å². The average molecular weight is 216 g/mol. The van der Waals surface area contributed by atoms with Gasteiger partial charge in [0.05, 0.1) is 18.4 Å². The number of carbonyl (C=O) groups is 3. The molecule has 0 saturated heterocycles. The lowest BCUT2D eigenvalue weighted by atomic mass is 10.1. The van der Waals surface area contributed by atoms with Crippen molar-refractivity contribution < 1.29 is 29.3 Å². The summed E-state index contributed by atoms with van der Waals surface area (Å²) in [6, 6.07) is 0. The first-order chi connectivity index (χ1) is 6.63. The van der Waals surface area contributed by atoms with Gasteiger partial charge in [-0.3, -0.25) is 4.79 Å². The van der Waals surface area contributed by atoms with Crippen molar-refractivity contribution in [3.8, 4) is 0 Å². The second-order valence-electron chi connectivity index (χ2n) is 3.98. The van der Waals surface area contributed by atoms with Crippen LogP contribution in [0.5, 0.6) is 0 Å². The number of hydrogen-bond donors (Lipinski definition) is 0. The first-order valence-electron chi connectivity index (χ1n) is 4.27. The molecule has 6 heteroatoms. The minimum absolute atomic E-state index is 0.790. The van der Waals surface area contributed by atoms with E-state index in [0.29, 0.717) is 0 Å². The molecule has 6 nitrogen and oxygen atoms in total. The van der Waals surface area contributed by atoms with Gasteiger partial charge in [-0.2, -0.15) is 0 Å². The highest BCUT2D eigenvalue weighted by molar-refractivity contribution is 5.94. The third-order valence-electron chi connectivity index (χ3n) is 1.36. The van der Waals surface area contributed by atoms with Gasteiger partial charge in [-0.1, -0.05) is 0 Å². The van der Waals surface area contributed by atoms with Crippen molar-refractivity contribution in [2.45, 2.75) is 32.8 Å². The van der Waals surface area contributed by atoms with Crippen LogP contribution in [0.1, 0.15) is 27.2 Å². The molecule has 0 radical (unpaired) electrons. The summed E-state index contributed by atoms with van der Waals surface area (Å²) >= 11 is 0. The van der Waals surface area contributed by atoms with Crippen molar-refractivity contribution >= 4 is 17.9 Å². The Morgan fingerprint density at radius 2 is 1.53 bits per heavy atom. The smallest absolute Gasteiger partial charge is 0.307 e. The van der Waals surface area contributed by atoms with Crippen LogP contribution in [0.25, 0.3) is 0 Å². The van der Waals surface area contributed by atoms with Crippen molar-refractivity contribution in [3.63, 3.8) is 0 Å². The lowest BCUT2D eigenvalue weighted by Crippen LogP contribution is -2.45. The maximum absolute atomic E-state index is 11.1. The highest BCUT2D eigenvalue weighted by Crippen LogP contribution is 2.11. The first kappa shape index (κ1) is 13.4. The Bertz CT molecular complexity index is 261. The predicted octanol–water partition coefficient (Wildman–Crippen LogP) is -2.17. The molecule has 15 heavy (non-hydrogen) atoms. The molecule has 0 rings (SSSR count). The van der Waals surface area contributed by atoms with Crippen molar-refractivity contribution in [2.24, 2.45) is 5.92 Å². The molecule has 0 aliphatic carbocycles. The van der Waals surface area contributed by atoms with Crippen LogP contribution in [0.4, 0.5) is 0 Å². The molecule has 0 aromatic heterocycles. The van der Waals surface area contributed by atoms with Gasteiger partial charge in [0, 0.05) is 5.92 Å². The molecule has 0 fully saturated rings. The number of carbonyl (C=O) groups excluding carboxylic acids is 3. The van der Waals surface area contributed by atoms with E-state index < -0.39 is 35.8 Å². The summed E-state index contributed by atoms with van der Waals surface area (Å²) in [7, 11) is 0. The number of aliphatic carboxylic acids is 2. The van der Waals surface area contributed by atoms with Crippen LogP contribution in [-0.2, 0) is 19.1 Å². The van der Waals surface area contributed by atoms with Crippen LogP contribution in [0.2, 0.25) is 0 Å². The van der Waals surface area contributed by atoms with E-state index in [0.717, 1.165) is 0 Å². The molecule has 0 heterocycles. The van der Waals surface area contributed by atoms with Gasteiger partial charge in [-0.25, -0.2) is 0 Å². The highest BCUT2D eigenvalue weighted by atomic mass is 16.6. The van der Waals surface area contributed by atoms with Crippen molar-refractivity contribution in [3.05, 3.63) is 0 Å². The molecule has 0 unspecified atom stereocenters. The second kappa shape index (κ2) is 4.77. The number of carboxylic acids is 2. The fourth-order valence-electron chi connectivity index (χ4n) is 0.813. The maximum atomic E-state index is 11.1. The van der Waals surface area contributed by atoms with E-state index in [4.69, 9.17) is 4.74 Å². The van der Waals surface area contributed by atoms with Gasteiger partial charge < -0.3 is 24.5 Å². The average Bonchev–Trinajstić information content (AvgIpc) is 1.95. The van der Waals surface area contributed by atoms with E-state index in [1.54, 1.807) is 20.8 Å². The summed E-state index contributed by atoms with van der Waals surface area (Å²) in [5, 5.41) is 20.6. The minimum Gasteiger partial charge on any atom is -0.549 e. The molecular weight excluding hydrogens is 204 g/mol. The predicted molar refractivity (Wildman–Crippen MR) is 44.0 cm³/mol. The maximum Gasteiger partial charge on any atom is 0.307 e. The van der Waals surface area contributed by atoms with Crippen molar-refractivity contribution in [1.82, 2.24) is 0 Å². The van der Waals surface area contributed by atoms with Gasteiger partial charge in [0.15, 0.2) is 0 Å². The van der Waals surface area contributed by atoms with Gasteiger partial charge >= 0.3 is 5.97 Å². The van der Waals surface area contributed by atoms with E-state index in [-0.39, 0.29) is 0 Å². The number of esters is 1. The first-order valence-corrected chi connectivity index (χ1v) is 4.27. The molecule has 0 atom stereocenters. The quantitative estimate of drug-likeness (QED) is 0.391. The molecule has 0 aliphatic rings. The topological polar surface area (TPSA) is 107 Å². The lowest BCUT2D eigenvalue weighted by molar-refractivity contribution is -0.332. The monoisotopic (exact) mass is 216 g/mol. The summed E-state index contributed by atoms with van der Waals surface area (Å²) in [5.41, 5.74) is -0.792. The fraction of sp³-hybridized carbons (Fsp3) is 0.667. The van der Waals surface area contributed by atoms with E-state index >= 15 is 0 Å². The summed E-state index contributed by atoms with van der Waals surface area (Å²) in [6.07, 6.45) is -0.790. The molecule has 0 amide bonds. The standard InChI is InChI=1S/C9H14O6/c1-9(2,3)15-6(10)4-5(7(11)12)8(13)14/h5H,4H2,1-3H3,(H,11,12)(H,13,14)/p-2. The van der Waals surface area contributed by atoms with E-state index in [9.17, 15) is 24.6 Å². The summed E-state index contributed by atoms with van der Waals surface area (Å²) in [5.74, 6) is -6.61. The largest absolute Gasteiger partial charge is 0.549 e. The van der Waals surface area contributed by atoms with Crippen LogP contribution in [0.15, 0.2) is 0 Å². The summed E-state index contributed by atoms with van der Waals surface area (Å²) in [6.45, 7) is 4.74. The Morgan fingerprint density at radius 1 is 1.13 bits per heavy atom. The molecule has 0 aromatic rings. The molecule has 0 spiro atoms. The van der Waals surface area contributed by atoms with E-state index in [1.165, 1.54) is 0 Å². The van der Waals surface area contributed by atoms with Gasteiger partial charge in [-0.15, -0.1) is 0 Å².